The zero-order valence-corrected chi connectivity index (χ0v) is 14.7. The highest BCUT2D eigenvalue weighted by molar-refractivity contribution is 5.69. The van der Waals surface area contributed by atoms with Crippen molar-refractivity contribution in [2.45, 2.75) is 115 Å². The van der Waals surface area contributed by atoms with E-state index in [1.54, 1.807) is 0 Å². The van der Waals surface area contributed by atoms with Gasteiger partial charge in [-0.1, -0.05) is 58.3 Å². The lowest BCUT2D eigenvalue weighted by Gasteiger charge is -2.40. The number of amides is 1. The normalized spacial score (nSPS) is 29.3. The Morgan fingerprint density at radius 3 is 2.09 bits per heavy atom. The summed E-state index contributed by atoms with van der Waals surface area (Å²) in [6.07, 6.45) is 15.3. The van der Waals surface area contributed by atoms with Gasteiger partial charge in [-0.05, 0) is 32.1 Å². The van der Waals surface area contributed by atoms with E-state index in [2.05, 4.69) is 11.8 Å². The van der Waals surface area contributed by atoms with Gasteiger partial charge in [-0.3, -0.25) is 0 Å². The average molecular weight is 323 g/mol. The van der Waals surface area contributed by atoms with Crippen molar-refractivity contribution in [3.8, 4) is 0 Å². The third-order valence-electron chi connectivity index (χ3n) is 5.74. The van der Waals surface area contributed by atoms with Crippen LogP contribution in [0.5, 0.6) is 0 Å². The van der Waals surface area contributed by atoms with Crippen LogP contribution in [0.15, 0.2) is 0 Å². The van der Waals surface area contributed by atoms with Crippen LogP contribution in [-0.2, 0) is 9.47 Å². The molecule has 4 nitrogen and oxygen atoms in total. The molecule has 0 aromatic heterocycles. The predicted molar refractivity (Wildman–Crippen MR) is 90.3 cm³/mol. The number of hydrogen-bond donors (Lipinski definition) is 0. The molecule has 1 amide bonds. The summed E-state index contributed by atoms with van der Waals surface area (Å²) in [5, 5.41) is 0. The molecule has 2 saturated carbocycles. The van der Waals surface area contributed by atoms with E-state index in [4.69, 9.17) is 9.47 Å². The molecule has 0 bridgehead atoms. The van der Waals surface area contributed by atoms with Crippen LogP contribution in [0.2, 0.25) is 0 Å². The number of hydrogen-bond acceptors (Lipinski definition) is 3. The van der Waals surface area contributed by atoms with Crippen LogP contribution in [0.25, 0.3) is 0 Å². The molecular weight excluding hydrogens is 290 g/mol. The summed E-state index contributed by atoms with van der Waals surface area (Å²) in [6, 6.07) is 0.791. The molecule has 4 heteroatoms. The Hall–Kier alpha value is -0.770. The van der Waals surface area contributed by atoms with Gasteiger partial charge in [-0.15, -0.1) is 0 Å². The molecular formula is C19H33NO3. The zero-order valence-electron chi connectivity index (χ0n) is 14.7. The molecule has 0 N–H and O–H groups in total. The van der Waals surface area contributed by atoms with Gasteiger partial charge in [0.15, 0.2) is 0 Å². The van der Waals surface area contributed by atoms with E-state index in [9.17, 15) is 4.79 Å². The third kappa shape index (κ3) is 4.62. The summed E-state index contributed by atoms with van der Waals surface area (Å²) in [5.41, 5.74) is 0. The van der Waals surface area contributed by atoms with Gasteiger partial charge in [-0.25, -0.2) is 4.79 Å². The molecule has 0 spiro atoms. The molecule has 23 heavy (non-hydrogen) atoms. The number of epoxide rings is 1. The second kappa shape index (κ2) is 8.36. The molecule has 132 valence electrons. The number of carbonyl (C=O) groups excluding carboxylic acids is 1. The molecule has 0 aromatic rings. The minimum Gasteiger partial charge on any atom is -0.417 e. The molecule has 0 radical (unpaired) electrons. The minimum absolute atomic E-state index is 0.104. The molecule has 1 saturated heterocycles. The quantitative estimate of drug-likeness (QED) is 0.646. The van der Waals surface area contributed by atoms with E-state index < -0.39 is 0 Å². The maximum absolute atomic E-state index is 12.8. The van der Waals surface area contributed by atoms with Crippen molar-refractivity contribution in [3.05, 3.63) is 0 Å². The Morgan fingerprint density at radius 2 is 1.57 bits per heavy atom. The van der Waals surface area contributed by atoms with Gasteiger partial charge in [-0.2, -0.15) is 0 Å². The van der Waals surface area contributed by atoms with Crippen LogP contribution >= 0.6 is 0 Å². The maximum atomic E-state index is 12.8. The second-order valence-corrected chi connectivity index (χ2v) is 7.56. The summed E-state index contributed by atoms with van der Waals surface area (Å²) in [4.78, 5) is 15.0. The fraction of sp³-hybridized carbons (Fsp3) is 0.947. The molecule has 2 aliphatic carbocycles. The van der Waals surface area contributed by atoms with Crippen LogP contribution in [0.1, 0.15) is 90.4 Å². The first-order valence-electron chi connectivity index (χ1n) is 9.94. The van der Waals surface area contributed by atoms with Crippen molar-refractivity contribution in [1.29, 1.82) is 0 Å². The topological polar surface area (TPSA) is 42.1 Å². The van der Waals surface area contributed by atoms with Gasteiger partial charge in [0.25, 0.3) is 0 Å². The zero-order chi connectivity index (χ0) is 16.1. The molecule has 1 unspecified atom stereocenters. The summed E-state index contributed by atoms with van der Waals surface area (Å²) in [5.74, 6) is 0. The number of nitrogens with zero attached hydrogens (tertiary/aromatic N) is 1. The lowest BCUT2D eigenvalue weighted by molar-refractivity contribution is 0.0208. The minimum atomic E-state index is -0.274. The first-order chi connectivity index (χ1) is 11.3. The van der Waals surface area contributed by atoms with Crippen LogP contribution in [0.3, 0.4) is 0 Å². The van der Waals surface area contributed by atoms with Gasteiger partial charge in [0, 0.05) is 12.1 Å². The molecule has 0 aromatic carbocycles. The molecule has 2 atom stereocenters. The van der Waals surface area contributed by atoms with Gasteiger partial charge < -0.3 is 14.4 Å². The highest BCUT2D eigenvalue weighted by atomic mass is 16.8. The molecule has 1 aliphatic heterocycles. The Kier molecular flexibility index (Phi) is 6.21. The van der Waals surface area contributed by atoms with Crippen molar-refractivity contribution in [3.63, 3.8) is 0 Å². The van der Waals surface area contributed by atoms with Crippen LogP contribution in [0.4, 0.5) is 4.79 Å². The lowest BCUT2D eigenvalue weighted by atomic mass is 9.89. The van der Waals surface area contributed by atoms with Crippen molar-refractivity contribution in [2.24, 2.45) is 0 Å². The van der Waals surface area contributed by atoms with E-state index in [-0.39, 0.29) is 18.5 Å². The van der Waals surface area contributed by atoms with Gasteiger partial charge in [0.1, 0.15) is 6.10 Å². The summed E-state index contributed by atoms with van der Waals surface area (Å²) in [6.45, 7) is 2.18. The van der Waals surface area contributed by atoms with E-state index in [1.165, 1.54) is 38.5 Å². The van der Waals surface area contributed by atoms with Crippen molar-refractivity contribution >= 4 is 6.09 Å². The standard InChI is InChI=1S/C19H33NO3/c1-2-3-14-17-18(22-17)23-19(21)20(15-10-6-4-7-11-15)16-12-8-5-9-13-16/h15-18H,2-14H2,1H3/t17?,18-/m0/s1. The van der Waals surface area contributed by atoms with Crippen molar-refractivity contribution in [1.82, 2.24) is 4.90 Å². The van der Waals surface area contributed by atoms with Crippen LogP contribution in [-0.4, -0.2) is 35.5 Å². The van der Waals surface area contributed by atoms with Crippen molar-refractivity contribution in [2.75, 3.05) is 0 Å². The second-order valence-electron chi connectivity index (χ2n) is 7.56. The molecule has 1 heterocycles. The Morgan fingerprint density at radius 1 is 1.00 bits per heavy atom. The van der Waals surface area contributed by atoms with Crippen molar-refractivity contribution < 1.29 is 14.3 Å². The summed E-state index contributed by atoms with van der Waals surface area (Å²) in [7, 11) is 0. The summed E-state index contributed by atoms with van der Waals surface area (Å²) < 4.78 is 11.2. The Labute approximate surface area is 140 Å². The van der Waals surface area contributed by atoms with Crippen LogP contribution < -0.4 is 0 Å². The number of unbranched alkanes of at least 4 members (excludes halogenated alkanes) is 1. The smallest absolute Gasteiger partial charge is 0.412 e. The highest BCUT2D eigenvalue weighted by Crippen LogP contribution is 2.33. The lowest BCUT2D eigenvalue weighted by Crippen LogP contribution is -2.49. The maximum Gasteiger partial charge on any atom is 0.412 e. The van der Waals surface area contributed by atoms with Gasteiger partial charge in [0.2, 0.25) is 6.29 Å². The Bertz CT molecular complexity index is 357. The first-order valence-corrected chi connectivity index (χ1v) is 9.94. The third-order valence-corrected chi connectivity index (χ3v) is 5.74. The van der Waals surface area contributed by atoms with Gasteiger partial charge in [0.05, 0.1) is 0 Å². The molecule has 3 aliphatic rings. The van der Waals surface area contributed by atoms with E-state index in [1.807, 2.05) is 0 Å². The number of rotatable bonds is 6. The molecule has 3 fully saturated rings. The monoisotopic (exact) mass is 323 g/mol. The number of ether oxygens (including phenoxy) is 2. The van der Waals surface area contributed by atoms with E-state index in [0.717, 1.165) is 44.9 Å². The highest BCUT2D eigenvalue weighted by Gasteiger charge is 2.44. The largest absolute Gasteiger partial charge is 0.417 e. The van der Waals surface area contributed by atoms with Gasteiger partial charge >= 0.3 is 6.09 Å². The SMILES string of the molecule is CCCCC1O[C@H]1OC(=O)N(C1CCCCC1)C1CCCCC1. The Balaban J connectivity index is 1.57. The van der Waals surface area contributed by atoms with E-state index in [0.29, 0.717) is 12.1 Å². The fourth-order valence-corrected chi connectivity index (χ4v) is 4.31. The average Bonchev–Trinajstić information content (AvgIpc) is 3.33. The van der Waals surface area contributed by atoms with Crippen LogP contribution in [0, 0.1) is 0 Å². The number of carbonyl (C=O) groups is 1. The molecule has 3 rings (SSSR count). The first kappa shape index (κ1) is 17.1. The van der Waals surface area contributed by atoms with E-state index >= 15 is 0 Å². The fourth-order valence-electron chi connectivity index (χ4n) is 4.31. The summed E-state index contributed by atoms with van der Waals surface area (Å²) >= 11 is 0. The predicted octanol–water partition coefficient (Wildman–Crippen LogP) is 5.01.